The molecule has 0 unspecified atom stereocenters. The van der Waals surface area contributed by atoms with E-state index in [2.05, 4.69) is 26.4 Å². The first-order valence-corrected chi connectivity index (χ1v) is 7.62. The summed E-state index contributed by atoms with van der Waals surface area (Å²) in [6, 6.07) is 3.92. The Morgan fingerprint density at radius 2 is 2.14 bits per heavy atom. The molecule has 1 heterocycles. The number of carbonyl (C=O) groups is 1. The number of hydrogen-bond acceptors (Lipinski definition) is 6. The average molecular weight is 368 g/mol. The van der Waals surface area contributed by atoms with Crippen LogP contribution in [0.2, 0.25) is 0 Å². The van der Waals surface area contributed by atoms with Crippen molar-refractivity contribution < 1.29 is 9.63 Å². The van der Waals surface area contributed by atoms with Crippen LogP contribution in [-0.4, -0.2) is 18.3 Å². The second-order valence-corrected chi connectivity index (χ2v) is 5.68. The molecule has 0 saturated heterocycles. The minimum atomic E-state index is -1.80. The van der Waals surface area contributed by atoms with Crippen molar-refractivity contribution in [2.45, 2.75) is 39.8 Å². The zero-order chi connectivity index (χ0) is 17.0. The molecule has 0 aromatic carbocycles. The van der Waals surface area contributed by atoms with Gasteiger partial charge in [-0.25, -0.2) is 0 Å². The van der Waals surface area contributed by atoms with Gasteiger partial charge in [-0.2, -0.15) is 10.5 Å². The summed E-state index contributed by atoms with van der Waals surface area (Å²) in [6.45, 7) is 5.32. The first kappa shape index (κ1) is 18.0. The van der Waals surface area contributed by atoms with Crippen LogP contribution in [-0.2, 0) is 9.63 Å². The molecule has 0 saturated carbocycles. The number of halogens is 1. The molecule has 0 aromatic rings. The van der Waals surface area contributed by atoms with Gasteiger partial charge in [0.2, 0.25) is 12.1 Å². The van der Waals surface area contributed by atoms with Gasteiger partial charge in [0, 0.05) is 6.21 Å². The molecule has 1 aliphatic rings. The van der Waals surface area contributed by atoms with Gasteiger partial charge in [0.1, 0.15) is 0 Å². The van der Waals surface area contributed by atoms with Crippen molar-refractivity contribution >= 4 is 28.1 Å². The lowest BCUT2D eigenvalue weighted by Gasteiger charge is -2.50. The van der Waals surface area contributed by atoms with Gasteiger partial charge in [-0.15, -0.1) is 0 Å². The summed E-state index contributed by atoms with van der Waals surface area (Å²) >= 11 is 3.20. The molecule has 7 nitrogen and oxygen atoms in total. The standard InChI is InChI=1S/C14H18BrN5O2/c1-4-13(5-2)12(22-19-6-3)20-10(15)9(7-16)14(13,8-17)11(18)21/h6,12,20H,4-5H2,1-3H3,(H2,18,21)/b19-6-/t12-,14-/m1/s1. The van der Waals surface area contributed by atoms with E-state index >= 15 is 0 Å². The van der Waals surface area contributed by atoms with Gasteiger partial charge in [0.25, 0.3) is 0 Å². The fourth-order valence-corrected chi connectivity index (χ4v) is 3.65. The Hall–Kier alpha value is -2.06. The maximum Gasteiger partial charge on any atom is 0.244 e. The summed E-state index contributed by atoms with van der Waals surface area (Å²) < 4.78 is 0.212. The van der Waals surface area contributed by atoms with Crippen molar-refractivity contribution in [3.05, 3.63) is 10.2 Å². The van der Waals surface area contributed by atoms with Crippen LogP contribution < -0.4 is 11.1 Å². The van der Waals surface area contributed by atoms with Crippen molar-refractivity contribution in [1.29, 1.82) is 10.5 Å². The van der Waals surface area contributed by atoms with E-state index in [1.807, 2.05) is 26.0 Å². The monoisotopic (exact) mass is 367 g/mol. The van der Waals surface area contributed by atoms with E-state index in [0.29, 0.717) is 12.8 Å². The summed E-state index contributed by atoms with van der Waals surface area (Å²) in [5.41, 5.74) is 2.71. The largest absolute Gasteiger partial charge is 0.370 e. The molecule has 1 aliphatic heterocycles. The van der Waals surface area contributed by atoms with Crippen LogP contribution in [0, 0.1) is 33.5 Å². The topological polar surface area (TPSA) is 124 Å². The highest BCUT2D eigenvalue weighted by atomic mass is 79.9. The number of nitrogens with one attached hydrogen (secondary N) is 1. The van der Waals surface area contributed by atoms with Crippen molar-refractivity contribution in [1.82, 2.24) is 5.32 Å². The van der Waals surface area contributed by atoms with Crippen molar-refractivity contribution in [3.63, 3.8) is 0 Å². The quantitative estimate of drug-likeness (QED) is 0.435. The number of nitrogens with zero attached hydrogens (tertiary/aromatic N) is 3. The van der Waals surface area contributed by atoms with Crippen molar-refractivity contribution in [2.75, 3.05) is 0 Å². The molecule has 2 atom stereocenters. The number of nitriles is 2. The molecule has 0 radical (unpaired) electrons. The zero-order valence-corrected chi connectivity index (χ0v) is 14.3. The van der Waals surface area contributed by atoms with Crippen LogP contribution in [0.15, 0.2) is 15.3 Å². The highest BCUT2D eigenvalue weighted by Gasteiger charge is 2.65. The third kappa shape index (κ3) is 2.24. The fourth-order valence-electron chi connectivity index (χ4n) is 3.06. The van der Waals surface area contributed by atoms with E-state index in [1.54, 1.807) is 6.92 Å². The molecule has 1 rings (SSSR count). The molecule has 0 spiro atoms. The van der Waals surface area contributed by atoms with Gasteiger partial charge >= 0.3 is 0 Å². The Labute approximate surface area is 137 Å². The molecule has 0 aromatic heterocycles. The normalized spacial score (nSPS) is 26.9. The zero-order valence-electron chi connectivity index (χ0n) is 12.7. The molecule has 1 amide bonds. The lowest BCUT2D eigenvalue weighted by molar-refractivity contribution is -0.145. The lowest BCUT2D eigenvalue weighted by Crippen LogP contribution is -2.63. The molecule has 8 heteroatoms. The number of nitrogens with two attached hydrogens (primary N) is 1. The highest BCUT2D eigenvalue weighted by Crippen LogP contribution is 2.55. The Kier molecular flexibility index (Phi) is 5.56. The summed E-state index contributed by atoms with van der Waals surface area (Å²) in [7, 11) is 0. The van der Waals surface area contributed by atoms with Crippen LogP contribution in [0.5, 0.6) is 0 Å². The van der Waals surface area contributed by atoms with Crippen molar-refractivity contribution in [3.8, 4) is 12.1 Å². The van der Waals surface area contributed by atoms with E-state index in [9.17, 15) is 15.3 Å². The summed E-state index contributed by atoms with van der Waals surface area (Å²) in [5, 5.41) is 26.0. The molecule has 3 N–H and O–H groups in total. The third-order valence-electron chi connectivity index (χ3n) is 4.28. The molecule has 0 bridgehead atoms. The predicted molar refractivity (Wildman–Crippen MR) is 84.0 cm³/mol. The average Bonchev–Trinajstić information content (AvgIpc) is 2.51. The Balaban J connectivity index is 3.76. The second kappa shape index (κ2) is 6.80. The third-order valence-corrected chi connectivity index (χ3v) is 4.91. The van der Waals surface area contributed by atoms with Gasteiger partial charge in [0.15, 0.2) is 5.41 Å². The van der Waals surface area contributed by atoms with E-state index in [1.165, 1.54) is 6.21 Å². The second-order valence-electron chi connectivity index (χ2n) is 4.88. The van der Waals surface area contributed by atoms with Crippen LogP contribution >= 0.6 is 15.9 Å². The summed E-state index contributed by atoms with van der Waals surface area (Å²) in [5.74, 6) is -0.872. The highest BCUT2D eigenvalue weighted by molar-refractivity contribution is 9.11. The van der Waals surface area contributed by atoms with Crippen molar-refractivity contribution in [2.24, 2.45) is 21.7 Å². The fraction of sp³-hybridized carbons (Fsp3) is 0.571. The van der Waals surface area contributed by atoms with E-state index in [4.69, 9.17) is 10.6 Å². The molecular formula is C14H18BrN5O2. The van der Waals surface area contributed by atoms with E-state index in [0.717, 1.165) is 0 Å². The van der Waals surface area contributed by atoms with Crippen LogP contribution in [0.3, 0.4) is 0 Å². The van der Waals surface area contributed by atoms with Crippen LogP contribution in [0.4, 0.5) is 0 Å². The predicted octanol–water partition coefficient (Wildman–Crippen LogP) is 1.87. The Morgan fingerprint density at radius 1 is 1.55 bits per heavy atom. The SMILES string of the molecule is C/C=N\O[C@H]1NC(Br)=C(C#N)[C@](C#N)(C(N)=O)C1(CC)CC. The molecule has 118 valence electrons. The number of rotatable bonds is 5. The maximum atomic E-state index is 12.2. The van der Waals surface area contributed by atoms with Crippen LogP contribution in [0.25, 0.3) is 0 Å². The van der Waals surface area contributed by atoms with Gasteiger partial charge in [0.05, 0.1) is 27.7 Å². The lowest BCUT2D eigenvalue weighted by atomic mass is 9.55. The number of carbonyl (C=O) groups excluding carboxylic acids is 1. The maximum absolute atomic E-state index is 12.2. The Morgan fingerprint density at radius 3 is 2.50 bits per heavy atom. The van der Waals surface area contributed by atoms with Crippen LogP contribution in [0.1, 0.15) is 33.6 Å². The number of oxime groups is 1. The minimum absolute atomic E-state index is 0.0356. The smallest absolute Gasteiger partial charge is 0.244 e. The van der Waals surface area contributed by atoms with Gasteiger partial charge in [-0.05, 0) is 35.7 Å². The number of hydrogen-bond donors (Lipinski definition) is 2. The number of primary amides is 1. The number of amides is 1. The van der Waals surface area contributed by atoms with Gasteiger partial charge in [-0.1, -0.05) is 19.0 Å². The van der Waals surface area contributed by atoms with Gasteiger partial charge < -0.3 is 15.9 Å². The molecular weight excluding hydrogens is 350 g/mol. The summed E-state index contributed by atoms with van der Waals surface area (Å²) in [4.78, 5) is 17.7. The van der Waals surface area contributed by atoms with Gasteiger partial charge in [-0.3, -0.25) is 4.79 Å². The first-order valence-electron chi connectivity index (χ1n) is 6.83. The first-order chi connectivity index (χ1) is 10.4. The molecule has 0 fully saturated rings. The van der Waals surface area contributed by atoms with E-state index in [-0.39, 0.29) is 10.2 Å². The molecule has 0 aliphatic carbocycles. The molecule has 22 heavy (non-hydrogen) atoms. The summed E-state index contributed by atoms with van der Waals surface area (Å²) in [6.07, 6.45) is 1.45. The minimum Gasteiger partial charge on any atom is -0.370 e. The van der Waals surface area contributed by atoms with E-state index < -0.39 is 23.0 Å². The Bertz CT molecular complexity index is 597.